The van der Waals surface area contributed by atoms with Gasteiger partial charge in [0, 0.05) is 12.1 Å². The summed E-state index contributed by atoms with van der Waals surface area (Å²) >= 11 is 5.95. The second-order valence-corrected chi connectivity index (χ2v) is 5.13. The fourth-order valence-corrected chi connectivity index (χ4v) is 2.46. The van der Waals surface area contributed by atoms with Crippen molar-refractivity contribution in [2.24, 2.45) is 5.92 Å². The summed E-state index contributed by atoms with van der Waals surface area (Å²) in [5, 5.41) is 14.2. The summed E-state index contributed by atoms with van der Waals surface area (Å²) in [4.78, 5) is 10.1. The van der Waals surface area contributed by atoms with Gasteiger partial charge in [-0.2, -0.15) is 0 Å². The Morgan fingerprint density at radius 3 is 2.90 bits per heavy atom. The number of halogens is 2. The van der Waals surface area contributed by atoms with E-state index >= 15 is 0 Å². The topological polar surface area (TPSA) is 64.4 Å². The van der Waals surface area contributed by atoms with Gasteiger partial charge in [-0.15, -0.1) is 12.4 Å². The summed E-state index contributed by atoms with van der Waals surface area (Å²) in [5.41, 5.74) is -0.0196. The first-order valence-corrected chi connectivity index (χ1v) is 6.82. The van der Waals surface area contributed by atoms with Crippen molar-refractivity contribution in [3.63, 3.8) is 0 Å². The largest absolute Gasteiger partial charge is 0.492 e. The van der Waals surface area contributed by atoms with E-state index in [9.17, 15) is 10.1 Å². The lowest BCUT2D eigenvalue weighted by Gasteiger charge is -2.22. The van der Waals surface area contributed by atoms with Crippen LogP contribution in [0.2, 0.25) is 5.02 Å². The fraction of sp³-hybridized carbons (Fsp3) is 0.538. The molecule has 1 N–H and O–H groups in total. The Balaban J connectivity index is 0.00000200. The van der Waals surface area contributed by atoms with Gasteiger partial charge in [0.25, 0.3) is 5.69 Å². The number of nitro benzene ring substituents is 1. The molecule has 0 amide bonds. The number of nitro groups is 1. The number of ether oxygens (including phenoxy) is 1. The number of hydrogen-bond donors (Lipinski definition) is 1. The van der Waals surface area contributed by atoms with Crippen molar-refractivity contribution in [2.45, 2.75) is 19.3 Å². The molecule has 7 heteroatoms. The van der Waals surface area contributed by atoms with Crippen molar-refractivity contribution in [3.8, 4) is 5.75 Å². The number of nitrogens with one attached hydrogen (secondary N) is 1. The molecule has 2 rings (SSSR count). The van der Waals surface area contributed by atoms with E-state index in [-0.39, 0.29) is 23.1 Å². The first kappa shape index (κ1) is 17.0. The normalized spacial score (nSPS) is 18.1. The molecule has 0 radical (unpaired) electrons. The zero-order chi connectivity index (χ0) is 13.7. The molecule has 1 fully saturated rings. The van der Waals surface area contributed by atoms with Gasteiger partial charge in [0.05, 0.1) is 16.6 Å². The van der Waals surface area contributed by atoms with Crippen molar-refractivity contribution in [2.75, 3.05) is 19.7 Å². The lowest BCUT2D eigenvalue weighted by Crippen LogP contribution is -2.30. The van der Waals surface area contributed by atoms with Crippen LogP contribution >= 0.6 is 24.0 Å². The lowest BCUT2D eigenvalue weighted by atomic mass is 9.97. The van der Waals surface area contributed by atoms with Crippen molar-refractivity contribution >= 4 is 29.7 Å². The molecule has 1 aliphatic rings. The second kappa shape index (κ2) is 8.29. The Morgan fingerprint density at radius 2 is 2.30 bits per heavy atom. The maximum Gasteiger partial charge on any atom is 0.271 e. The molecule has 0 aliphatic carbocycles. The van der Waals surface area contributed by atoms with Crippen LogP contribution in [0.25, 0.3) is 0 Å². The number of rotatable bonds is 5. The van der Waals surface area contributed by atoms with Gasteiger partial charge in [0.2, 0.25) is 0 Å². The Morgan fingerprint density at radius 1 is 1.50 bits per heavy atom. The van der Waals surface area contributed by atoms with Crippen LogP contribution in [-0.2, 0) is 0 Å². The highest BCUT2D eigenvalue weighted by Gasteiger charge is 2.14. The third-order valence-corrected chi connectivity index (χ3v) is 3.60. The Labute approximate surface area is 129 Å². The van der Waals surface area contributed by atoms with Crippen LogP contribution in [0.1, 0.15) is 19.3 Å². The highest BCUT2D eigenvalue weighted by molar-refractivity contribution is 6.32. The number of non-ortho nitro benzene ring substituents is 1. The summed E-state index contributed by atoms with van der Waals surface area (Å²) < 4.78 is 5.59. The number of hydrogen-bond acceptors (Lipinski definition) is 4. The van der Waals surface area contributed by atoms with Crippen LogP contribution in [0.15, 0.2) is 18.2 Å². The average molecular weight is 321 g/mol. The molecular weight excluding hydrogens is 303 g/mol. The third-order valence-electron chi connectivity index (χ3n) is 3.31. The van der Waals surface area contributed by atoms with Crippen LogP contribution in [-0.4, -0.2) is 24.6 Å². The molecule has 1 aliphatic heterocycles. The minimum Gasteiger partial charge on any atom is -0.492 e. The van der Waals surface area contributed by atoms with E-state index in [0.717, 1.165) is 19.5 Å². The number of benzene rings is 1. The Hall–Kier alpha value is -1.04. The Kier molecular flexibility index (Phi) is 7.05. The molecule has 1 aromatic carbocycles. The van der Waals surface area contributed by atoms with E-state index in [1.165, 1.54) is 25.0 Å². The van der Waals surface area contributed by atoms with Crippen molar-refractivity contribution in [3.05, 3.63) is 33.3 Å². The first-order valence-electron chi connectivity index (χ1n) is 6.44. The van der Waals surface area contributed by atoms with E-state index in [0.29, 0.717) is 18.3 Å². The summed E-state index contributed by atoms with van der Waals surface area (Å²) in [6.45, 7) is 2.73. The van der Waals surface area contributed by atoms with Gasteiger partial charge >= 0.3 is 0 Å². The minimum atomic E-state index is -0.469. The van der Waals surface area contributed by atoms with Crippen LogP contribution in [0, 0.1) is 16.0 Å². The van der Waals surface area contributed by atoms with Gasteiger partial charge in [-0.1, -0.05) is 11.6 Å². The van der Waals surface area contributed by atoms with Crippen molar-refractivity contribution < 1.29 is 9.66 Å². The fourth-order valence-electron chi connectivity index (χ4n) is 2.23. The SMILES string of the molecule is Cl.O=[N+]([O-])c1ccc(OCCC2CCCNC2)c(Cl)c1. The zero-order valence-electron chi connectivity index (χ0n) is 11.0. The van der Waals surface area contributed by atoms with Gasteiger partial charge < -0.3 is 10.1 Å². The molecule has 1 heterocycles. The average Bonchev–Trinajstić information content (AvgIpc) is 2.41. The highest BCUT2D eigenvalue weighted by Crippen LogP contribution is 2.29. The van der Waals surface area contributed by atoms with Crippen LogP contribution in [0.3, 0.4) is 0 Å². The van der Waals surface area contributed by atoms with E-state index in [4.69, 9.17) is 16.3 Å². The summed E-state index contributed by atoms with van der Waals surface area (Å²) in [7, 11) is 0. The standard InChI is InChI=1S/C13H17ClN2O3.ClH/c14-12-8-11(16(17)18)3-4-13(12)19-7-5-10-2-1-6-15-9-10;/h3-4,8,10,15H,1-2,5-7,9H2;1H. The van der Waals surface area contributed by atoms with Gasteiger partial charge in [0.1, 0.15) is 5.75 Å². The van der Waals surface area contributed by atoms with Crippen LogP contribution in [0.4, 0.5) is 5.69 Å². The van der Waals surface area contributed by atoms with Gasteiger partial charge in [0.15, 0.2) is 0 Å². The molecular formula is C13H18Cl2N2O3. The smallest absolute Gasteiger partial charge is 0.271 e. The molecule has 1 atom stereocenters. The molecule has 0 spiro atoms. The van der Waals surface area contributed by atoms with Crippen molar-refractivity contribution in [1.82, 2.24) is 5.32 Å². The Bertz CT molecular complexity index is 451. The predicted molar refractivity (Wildman–Crippen MR) is 81.1 cm³/mol. The maximum absolute atomic E-state index is 10.6. The zero-order valence-corrected chi connectivity index (χ0v) is 12.6. The quantitative estimate of drug-likeness (QED) is 0.666. The molecule has 5 nitrogen and oxygen atoms in total. The second-order valence-electron chi connectivity index (χ2n) is 4.72. The van der Waals surface area contributed by atoms with Gasteiger partial charge in [-0.25, -0.2) is 0 Å². The first-order chi connectivity index (χ1) is 9.16. The van der Waals surface area contributed by atoms with E-state index < -0.39 is 4.92 Å². The number of piperidine rings is 1. The minimum absolute atomic E-state index is 0. The molecule has 0 aromatic heterocycles. The molecule has 112 valence electrons. The van der Waals surface area contributed by atoms with E-state index in [1.807, 2.05) is 0 Å². The third kappa shape index (κ3) is 4.81. The molecule has 0 saturated carbocycles. The molecule has 1 saturated heterocycles. The number of nitrogens with zero attached hydrogens (tertiary/aromatic N) is 1. The highest BCUT2D eigenvalue weighted by atomic mass is 35.5. The monoisotopic (exact) mass is 320 g/mol. The van der Waals surface area contributed by atoms with Gasteiger partial charge in [-0.05, 0) is 44.3 Å². The molecule has 0 bridgehead atoms. The van der Waals surface area contributed by atoms with Crippen LogP contribution < -0.4 is 10.1 Å². The molecule has 20 heavy (non-hydrogen) atoms. The van der Waals surface area contributed by atoms with E-state index in [2.05, 4.69) is 5.32 Å². The summed E-state index contributed by atoms with van der Waals surface area (Å²) in [5.74, 6) is 1.15. The molecule has 1 unspecified atom stereocenters. The van der Waals surface area contributed by atoms with Crippen LogP contribution in [0.5, 0.6) is 5.75 Å². The molecule has 1 aromatic rings. The predicted octanol–water partition coefficient (Wildman–Crippen LogP) is 3.44. The summed E-state index contributed by atoms with van der Waals surface area (Å²) in [6, 6.07) is 4.28. The summed E-state index contributed by atoms with van der Waals surface area (Å²) in [6.07, 6.45) is 3.41. The maximum atomic E-state index is 10.6. The van der Waals surface area contributed by atoms with Crippen molar-refractivity contribution in [1.29, 1.82) is 0 Å². The van der Waals surface area contributed by atoms with E-state index in [1.54, 1.807) is 6.07 Å². The lowest BCUT2D eigenvalue weighted by molar-refractivity contribution is -0.384. The van der Waals surface area contributed by atoms with Gasteiger partial charge in [-0.3, -0.25) is 10.1 Å².